The monoisotopic (exact) mass is 363 g/mol. The highest BCUT2D eigenvalue weighted by Gasteiger charge is 2.22. The van der Waals surface area contributed by atoms with Crippen LogP contribution in [-0.2, 0) is 24.3 Å². The van der Waals surface area contributed by atoms with Crippen molar-refractivity contribution >= 4 is 5.96 Å². The summed E-state index contributed by atoms with van der Waals surface area (Å²) in [6.07, 6.45) is 7.40. The number of fused-ring (bicyclic) bond motifs is 1. The van der Waals surface area contributed by atoms with E-state index < -0.39 is 0 Å². The molecule has 3 rings (SSSR count). The summed E-state index contributed by atoms with van der Waals surface area (Å²) in [7, 11) is 3.51. The summed E-state index contributed by atoms with van der Waals surface area (Å²) in [4.78, 5) is 11.5. The SMILES string of the molecule is CN=C(NCCN1CCCCCC1)NC1CCc2nc(COC)nn2C1. The van der Waals surface area contributed by atoms with Crippen molar-refractivity contribution in [3.63, 3.8) is 0 Å². The van der Waals surface area contributed by atoms with Gasteiger partial charge in [0.2, 0.25) is 0 Å². The van der Waals surface area contributed by atoms with Gasteiger partial charge in [-0.15, -0.1) is 0 Å². The molecule has 1 atom stereocenters. The van der Waals surface area contributed by atoms with Crippen LogP contribution in [0.2, 0.25) is 0 Å². The molecular formula is C18H33N7O. The number of aliphatic imine (C=N–C) groups is 1. The lowest BCUT2D eigenvalue weighted by Crippen LogP contribution is -2.48. The first-order valence-electron chi connectivity index (χ1n) is 9.89. The van der Waals surface area contributed by atoms with Crippen LogP contribution in [0.4, 0.5) is 0 Å². The molecule has 146 valence electrons. The fourth-order valence-electron chi connectivity index (χ4n) is 3.75. The van der Waals surface area contributed by atoms with E-state index in [4.69, 9.17) is 4.74 Å². The minimum atomic E-state index is 0.323. The molecule has 0 aliphatic carbocycles. The van der Waals surface area contributed by atoms with Crippen molar-refractivity contribution in [2.45, 2.75) is 57.7 Å². The predicted molar refractivity (Wildman–Crippen MR) is 102 cm³/mol. The fourth-order valence-corrected chi connectivity index (χ4v) is 3.75. The molecule has 8 heteroatoms. The van der Waals surface area contributed by atoms with Crippen molar-refractivity contribution < 1.29 is 4.74 Å². The van der Waals surface area contributed by atoms with Gasteiger partial charge in [0, 0.05) is 39.7 Å². The molecule has 2 aliphatic heterocycles. The second kappa shape index (κ2) is 9.87. The minimum Gasteiger partial charge on any atom is -0.377 e. The molecule has 0 saturated carbocycles. The second-order valence-electron chi connectivity index (χ2n) is 7.19. The van der Waals surface area contributed by atoms with E-state index in [2.05, 4.69) is 30.6 Å². The number of hydrogen-bond donors (Lipinski definition) is 2. The third-order valence-corrected chi connectivity index (χ3v) is 5.16. The summed E-state index contributed by atoms with van der Waals surface area (Å²) in [5.41, 5.74) is 0. The summed E-state index contributed by atoms with van der Waals surface area (Å²) in [5.74, 6) is 2.70. The summed E-state index contributed by atoms with van der Waals surface area (Å²) in [5, 5.41) is 11.5. The van der Waals surface area contributed by atoms with Crippen molar-refractivity contribution in [2.24, 2.45) is 4.99 Å². The largest absolute Gasteiger partial charge is 0.377 e. The number of nitrogens with one attached hydrogen (secondary N) is 2. The summed E-state index contributed by atoms with van der Waals surface area (Å²) in [6, 6.07) is 0.323. The lowest BCUT2D eigenvalue weighted by Gasteiger charge is -2.26. The Morgan fingerprint density at radius 1 is 1.27 bits per heavy atom. The lowest BCUT2D eigenvalue weighted by atomic mass is 10.1. The van der Waals surface area contributed by atoms with Gasteiger partial charge in [0.15, 0.2) is 11.8 Å². The molecule has 0 amide bonds. The zero-order valence-corrected chi connectivity index (χ0v) is 16.2. The standard InChI is InChI=1S/C18H33N7O/c1-19-18(20-9-12-24-10-5-3-4-6-11-24)21-15-7-8-17-22-16(14-26-2)23-25(17)13-15/h15H,3-14H2,1-2H3,(H2,19,20,21). The Hall–Kier alpha value is -1.67. The summed E-state index contributed by atoms with van der Waals surface area (Å²) < 4.78 is 7.13. The first-order chi connectivity index (χ1) is 12.8. The van der Waals surface area contributed by atoms with E-state index in [0.717, 1.165) is 50.1 Å². The molecule has 2 N–H and O–H groups in total. The smallest absolute Gasteiger partial charge is 0.191 e. The molecule has 0 spiro atoms. The molecule has 0 radical (unpaired) electrons. The normalized spacial score (nSPS) is 21.9. The number of ether oxygens (including phenoxy) is 1. The van der Waals surface area contributed by atoms with Gasteiger partial charge in [0.1, 0.15) is 12.4 Å². The van der Waals surface area contributed by atoms with E-state index >= 15 is 0 Å². The van der Waals surface area contributed by atoms with Gasteiger partial charge in [-0.25, -0.2) is 9.67 Å². The summed E-state index contributed by atoms with van der Waals surface area (Å²) in [6.45, 7) is 5.76. The van der Waals surface area contributed by atoms with Crippen LogP contribution in [-0.4, -0.2) is 72.0 Å². The second-order valence-corrected chi connectivity index (χ2v) is 7.19. The Balaban J connectivity index is 1.43. The average Bonchev–Trinajstić information content (AvgIpc) is 2.86. The fraction of sp³-hybridized carbons (Fsp3) is 0.833. The van der Waals surface area contributed by atoms with Gasteiger partial charge in [-0.2, -0.15) is 5.10 Å². The van der Waals surface area contributed by atoms with Gasteiger partial charge >= 0.3 is 0 Å². The van der Waals surface area contributed by atoms with E-state index in [-0.39, 0.29) is 0 Å². The third-order valence-electron chi connectivity index (χ3n) is 5.16. The van der Waals surface area contributed by atoms with E-state index in [1.807, 2.05) is 11.7 Å². The Kier molecular flexibility index (Phi) is 7.25. The molecule has 1 saturated heterocycles. The van der Waals surface area contributed by atoms with Gasteiger partial charge < -0.3 is 20.3 Å². The lowest BCUT2D eigenvalue weighted by molar-refractivity contribution is 0.177. The van der Waals surface area contributed by atoms with E-state index in [9.17, 15) is 0 Å². The van der Waals surface area contributed by atoms with Crippen molar-refractivity contribution in [3.05, 3.63) is 11.6 Å². The highest BCUT2D eigenvalue weighted by Crippen LogP contribution is 2.13. The number of nitrogens with zero attached hydrogens (tertiary/aromatic N) is 5. The molecular weight excluding hydrogens is 330 g/mol. The highest BCUT2D eigenvalue weighted by molar-refractivity contribution is 5.79. The number of guanidine groups is 1. The van der Waals surface area contributed by atoms with Crippen LogP contribution in [0.25, 0.3) is 0 Å². The number of likely N-dealkylation sites (tertiary alicyclic amines) is 1. The number of aryl methyl sites for hydroxylation is 1. The van der Waals surface area contributed by atoms with Crippen LogP contribution in [0.3, 0.4) is 0 Å². The number of methoxy groups -OCH3 is 1. The topological polar surface area (TPSA) is 79.6 Å². The first-order valence-corrected chi connectivity index (χ1v) is 9.89. The Morgan fingerprint density at radius 3 is 2.81 bits per heavy atom. The number of aromatic nitrogens is 3. The average molecular weight is 364 g/mol. The van der Waals surface area contributed by atoms with Gasteiger partial charge in [-0.3, -0.25) is 4.99 Å². The van der Waals surface area contributed by atoms with Crippen molar-refractivity contribution in [3.8, 4) is 0 Å². The molecule has 1 aromatic heterocycles. The Bertz CT molecular complexity index is 578. The Labute approximate surface area is 156 Å². The maximum Gasteiger partial charge on any atom is 0.191 e. The van der Waals surface area contributed by atoms with Crippen LogP contribution < -0.4 is 10.6 Å². The quantitative estimate of drug-likeness (QED) is 0.574. The van der Waals surface area contributed by atoms with Crippen LogP contribution in [0, 0.1) is 0 Å². The number of hydrogen-bond acceptors (Lipinski definition) is 5. The molecule has 1 aromatic rings. The van der Waals surface area contributed by atoms with Crippen LogP contribution in [0.15, 0.2) is 4.99 Å². The van der Waals surface area contributed by atoms with Crippen molar-refractivity contribution in [1.29, 1.82) is 0 Å². The number of rotatable bonds is 6. The molecule has 1 unspecified atom stereocenters. The molecule has 8 nitrogen and oxygen atoms in total. The van der Waals surface area contributed by atoms with Crippen LogP contribution in [0.1, 0.15) is 43.8 Å². The zero-order chi connectivity index (χ0) is 18.2. The molecule has 3 heterocycles. The van der Waals surface area contributed by atoms with E-state index in [1.54, 1.807) is 7.11 Å². The maximum atomic E-state index is 5.13. The summed E-state index contributed by atoms with van der Waals surface area (Å²) >= 11 is 0. The predicted octanol–water partition coefficient (Wildman–Crippen LogP) is 0.780. The van der Waals surface area contributed by atoms with E-state index in [0.29, 0.717) is 12.6 Å². The molecule has 1 fully saturated rings. The Morgan fingerprint density at radius 2 is 2.08 bits per heavy atom. The van der Waals surface area contributed by atoms with Gasteiger partial charge in [-0.1, -0.05) is 12.8 Å². The molecule has 0 bridgehead atoms. The van der Waals surface area contributed by atoms with Gasteiger partial charge in [0.25, 0.3) is 0 Å². The highest BCUT2D eigenvalue weighted by atomic mass is 16.5. The van der Waals surface area contributed by atoms with E-state index in [1.165, 1.54) is 38.8 Å². The maximum absolute atomic E-state index is 5.13. The first kappa shape index (κ1) is 19.1. The van der Waals surface area contributed by atoms with Crippen molar-refractivity contribution in [2.75, 3.05) is 40.3 Å². The molecule has 0 aromatic carbocycles. The third kappa shape index (κ3) is 5.41. The van der Waals surface area contributed by atoms with Crippen LogP contribution in [0.5, 0.6) is 0 Å². The van der Waals surface area contributed by atoms with Crippen LogP contribution >= 0.6 is 0 Å². The minimum absolute atomic E-state index is 0.323. The van der Waals surface area contributed by atoms with Gasteiger partial charge in [-0.05, 0) is 32.4 Å². The molecule has 2 aliphatic rings. The van der Waals surface area contributed by atoms with Gasteiger partial charge in [0.05, 0.1) is 6.54 Å². The molecule has 26 heavy (non-hydrogen) atoms. The zero-order valence-electron chi connectivity index (χ0n) is 16.2. The van der Waals surface area contributed by atoms with Crippen molar-refractivity contribution in [1.82, 2.24) is 30.3 Å².